The molecule has 0 radical (unpaired) electrons. The molecule has 0 atom stereocenters. The zero-order valence-corrected chi connectivity index (χ0v) is 13.3. The third-order valence-electron chi connectivity index (χ3n) is 2.97. The lowest BCUT2D eigenvalue weighted by molar-refractivity contribution is 0.0917. The van der Waals surface area contributed by atoms with Crippen LogP contribution in [-0.4, -0.2) is 16.0 Å². The van der Waals surface area contributed by atoms with Gasteiger partial charge < -0.3 is 14.3 Å². The van der Waals surface area contributed by atoms with Crippen LogP contribution in [0.25, 0.3) is 11.4 Å². The van der Waals surface area contributed by atoms with Crippen LogP contribution in [0.5, 0.6) is 0 Å². The summed E-state index contributed by atoms with van der Waals surface area (Å²) in [5.74, 6) is 0.672. The fourth-order valence-electron chi connectivity index (χ4n) is 1.92. The largest absolute Gasteiger partial charge is 0.458 e. The molecule has 1 aromatic carbocycles. The maximum atomic E-state index is 11.9. The molecule has 0 bridgehead atoms. The standard InChI is InChI=1S/C15H12BrN3O3/c1-9-3-2-4-10(7-9)14-18-12(22-19-14)8-17-15(20)13-11(16)5-6-21-13/h2-7H,8H2,1H3,(H,17,20). The Morgan fingerprint density at radius 3 is 2.95 bits per heavy atom. The topological polar surface area (TPSA) is 81.2 Å². The Morgan fingerprint density at radius 2 is 2.23 bits per heavy atom. The zero-order chi connectivity index (χ0) is 15.5. The number of aromatic nitrogens is 2. The molecule has 0 saturated heterocycles. The summed E-state index contributed by atoms with van der Waals surface area (Å²) in [5.41, 5.74) is 1.98. The van der Waals surface area contributed by atoms with Gasteiger partial charge in [0.25, 0.3) is 5.91 Å². The number of hydrogen-bond acceptors (Lipinski definition) is 5. The number of amides is 1. The fraction of sp³-hybridized carbons (Fsp3) is 0.133. The Kier molecular flexibility index (Phi) is 4.06. The van der Waals surface area contributed by atoms with Gasteiger partial charge in [-0.1, -0.05) is 28.9 Å². The number of rotatable bonds is 4. The second-order valence-electron chi connectivity index (χ2n) is 4.66. The molecule has 0 aliphatic rings. The minimum absolute atomic E-state index is 0.130. The van der Waals surface area contributed by atoms with Crippen LogP contribution in [0.1, 0.15) is 22.0 Å². The lowest BCUT2D eigenvalue weighted by atomic mass is 10.1. The van der Waals surface area contributed by atoms with Gasteiger partial charge >= 0.3 is 0 Å². The molecule has 112 valence electrons. The number of aryl methyl sites for hydroxylation is 1. The van der Waals surface area contributed by atoms with Crippen LogP contribution in [0.4, 0.5) is 0 Å². The van der Waals surface area contributed by atoms with Crippen LogP contribution in [0.15, 0.2) is 50.0 Å². The van der Waals surface area contributed by atoms with E-state index in [2.05, 4.69) is 31.4 Å². The van der Waals surface area contributed by atoms with Crippen molar-refractivity contribution in [1.29, 1.82) is 0 Å². The first-order valence-corrected chi connectivity index (χ1v) is 7.33. The molecule has 2 heterocycles. The van der Waals surface area contributed by atoms with Gasteiger partial charge in [0.1, 0.15) is 0 Å². The molecule has 0 aliphatic heterocycles. The maximum absolute atomic E-state index is 11.9. The molecular formula is C15H12BrN3O3. The van der Waals surface area contributed by atoms with Gasteiger partial charge in [0.05, 0.1) is 17.3 Å². The highest BCUT2D eigenvalue weighted by Gasteiger charge is 2.15. The van der Waals surface area contributed by atoms with E-state index in [4.69, 9.17) is 8.94 Å². The lowest BCUT2D eigenvalue weighted by Gasteiger charge is -1.99. The molecule has 0 spiro atoms. The first kappa shape index (κ1) is 14.5. The van der Waals surface area contributed by atoms with Crippen molar-refractivity contribution in [3.8, 4) is 11.4 Å². The zero-order valence-electron chi connectivity index (χ0n) is 11.7. The van der Waals surface area contributed by atoms with Gasteiger partial charge in [-0.25, -0.2) is 0 Å². The van der Waals surface area contributed by atoms with Gasteiger partial charge in [-0.3, -0.25) is 4.79 Å². The van der Waals surface area contributed by atoms with Crippen molar-refractivity contribution in [2.75, 3.05) is 0 Å². The Morgan fingerprint density at radius 1 is 1.36 bits per heavy atom. The number of benzene rings is 1. The highest BCUT2D eigenvalue weighted by atomic mass is 79.9. The van der Waals surface area contributed by atoms with Crippen molar-refractivity contribution >= 4 is 21.8 Å². The van der Waals surface area contributed by atoms with E-state index in [1.807, 2.05) is 31.2 Å². The van der Waals surface area contributed by atoms with E-state index in [1.165, 1.54) is 6.26 Å². The molecule has 2 aromatic heterocycles. The van der Waals surface area contributed by atoms with Crippen molar-refractivity contribution in [3.05, 3.63) is 58.3 Å². The summed E-state index contributed by atoms with van der Waals surface area (Å²) in [4.78, 5) is 16.2. The molecule has 3 aromatic rings. The van der Waals surface area contributed by atoms with Crippen molar-refractivity contribution in [3.63, 3.8) is 0 Å². The van der Waals surface area contributed by atoms with Gasteiger partial charge in [0.15, 0.2) is 0 Å². The highest BCUT2D eigenvalue weighted by Crippen LogP contribution is 2.18. The van der Waals surface area contributed by atoms with Gasteiger partial charge in [-0.15, -0.1) is 0 Å². The molecule has 1 N–H and O–H groups in total. The van der Waals surface area contributed by atoms with Crippen molar-refractivity contribution in [2.45, 2.75) is 13.5 Å². The third-order valence-corrected chi connectivity index (χ3v) is 3.59. The number of furan rings is 1. The summed E-state index contributed by atoms with van der Waals surface area (Å²) in [6.07, 6.45) is 1.43. The predicted octanol–water partition coefficient (Wildman–Crippen LogP) is 3.33. The minimum atomic E-state index is -0.354. The van der Waals surface area contributed by atoms with E-state index >= 15 is 0 Å². The molecule has 0 fully saturated rings. The molecule has 6 nitrogen and oxygen atoms in total. The van der Waals surface area contributed by atoms with E-state index in [9.17, 15) is 4.79 Å². The van der Waals surface area contributed by atoms with E-state index in [0.29, 0.717) is 16.2 Å². The summed E-state index contributed by atoms with van der Waals surface area (Å²) in [6, 6.07) is 9.44. The van der Waals surface area contributed by atoms with Crippen LogP contribution in [0.2, 0.25) is 0 Å². The van der Waals surface area contributed by atoms with Gasteiger partial charge in [0.2, 0.25) is 17.5 Å². The number of carbonyl (C=O) groups is 1. The van der Waals surface area contributed by atoms with Gasteiger partial charge in [0, 0.05) is 5.56 Å². The van der Waals surface area contributed by atoms with E-state index in [-0.39, 0.29) is 18.2 Å². The van der Waals surface area contributed by atoms with Gasteiger partial charge in [-0.2, -0.15) is 4.98 Å². The average molecular weight is 362 g/mol. The Bertz CT molecular complexity index is 810. The normalized spacial score (nSPS) is 10.6. The van der Waals surface area contributed by atoms with Crippen molar-refractivity contribution in [1.82, 2.24) is 15.5 Å². The molecule has 1 amide bonds. The van der Waals surface area contributed by atoms with Gasteiger partial charge in [-0.05, 0) is 35.0 Å². The number of nitrogens with zero attached hydrogens (tertiary/aromatic N) is 2. The second kappa shape index (κ2) is 6.15. The SMILES string of the molecule is Cc1cccc(-c2noc(CNC(=O)c3occc3Br)n2)c1. The number of halogens is 1. The summed E-state index contributed by atoms with van der Waals surface area (Å²) in [5, 5.41) is 6.58. The molecule has 3 rings (SSSR count). The van der Waals surface area contributed by atoms with Crippen LogP contribution in [-0.2, 0) is 6.54 Å². The average Bonchev–Trinajstić information content (AvgIpc) is 3.14. The summed E-state index contributed by atoms with van der Waals surface area (Å²) >= 11 is 3.23. The minimum Gasteiger partial charge on any atom is -0.458 e. The Hall–Kier alpha value is -2.41. The van der Waals surface area contributed by atoms with Crippen LogP contribution < -0.4 is 5.32 Å². The summed E-state index contributed by atoms with van der Waals surface area (Å²) in [7, 11) is 0. The van der Waals surface area contributed by atoms with E-state index in [0.717, 1.165) is 11.1 Å². The molecular weight excluding hydrogens is 350 g/mol. The summed E-state index contributed by atoms with van der Waals surface area (Å²) in [6.45, 7) is 2.12. The van der Waals surface area contributed by atoms with Crippen molar-refractivity contribution in [2.24, 2.45) is 0 Å². The number of nitrogens with one attached hydrogen (secondary N) is 1. The monoisotopic (exact) mass is 361 g/mol. The quantitative estimate of drug-likeness (QED) is 0.770. The maximum Gasteiger partial charge on any atom is 0.288 e. The van der Waals surface area contributed by atoms with E-state index in [1.54, 1.807) is 6.07 Å². The highest BCUT2D eigenvalue weighted by molar-refractivity contribution is 9.10. The summed E-state index contributed by atoms with van der Waals surface area (Å²) < 4.78 is 10.8. The lowest BCUT2D eigenvalue weighted by Crippen LogP contribution is -2.22. The van der Waals surface area contributed by atoms with E-state index < -0.39 is 0 Å². The van der Waals surface area contributed by atoms with Crippen LogP contribution >= 0.6 is 15.9 Å². The smallest absolute Gasteiger partial charge is 0.288 e. The van der Waals surface area contributed by atoms with Crippen molar-refractivity contribution < 1.29 is 13.7 Å². The predicted molar refractivity (Wildman–Crippen MR) is 82.0 cm³/mol. The first-order chi connectivity index (χ1) is 10.6. The second-order valence-corrected chi connectivity index (χ2v) is 5.52. The molecule has 0 saturated carbocycles. The number of carbonyl (C=O) groups excluding carboxylic acids is 1. The molecule has 0 unspecified atom stereocenters. The Labute approximate surface area is 134 Å². The molecule has 22 heavy (non-hydrogen) atoms. The molecule has 0 aliphatic carbocycles. The third kappa shape index (κ3) is 3.09. The van der Waals surface area contributed by atoms with Crippen LogP contribution in [0, 0.1) is 6.92 Å². The number of hydrogen-bond donors (Lipinski definition) is 1. The fourth-order valence-corrected chi connectivity index (χ4v) is 2.30. The van der Waals surface area contributed by atoms with Crippen LogP contribution in [0.3, 0.4) is 0 Å². The first-order valence-electron chi connectivity index (χ1n) is 6.54. The Balaban J connectivity index is 1.67. The molecule has 7 heteroatoms.